The van der Waals surface area contributed by atoms with Crippen molar-refractivity contribution in [2.24, 2.45) is 0 Å². The fourth-order valence-corrected chi connectivity index (χ4v) is 6.37. The SMILES string of the molecule is O=C(NCCN1CCN(c2nc3ccc([N+](=O)[O-])cc3s2)CC1)c1ccc(NS(=O)(=O)c2ccc(F)cc2)cc1. The summed E-state index contributed by atoms with van der Waals surface area (Å²) in [5.41, 5.74) is 1.47. The summed E-state index contributed by atoms with van der Waals surface area (Å²) < 4.78 is 41.2. The van der Waals surface area contributed by atoms with Crippen molar-refractivity contribution in [3.8, 4) is 0 Å². The average Bonchev–Trinajstić information content (AvgIpc) is 3.37. The maximum Gasteiger partial charge on any atom is 0.270 e. The lowest BCUT2D eigenvalue weighted by atomic mass is 10.2. The van der Waals surface area contributed by atoms with Gasteiger partial charge >= 0.3 is 0 Å². The number of piperazine rings is 1. The maximum absolute atomic E-state index is 13.1. The van der Waals surface area contributed by atoms with Gasteiger partial charge in [0.15, 0.2) is 5.13 Å². The molecule has 1 amide bonds. The molecule has 14 heteroatoms. The number of halogens is 1. The molecule has 0 unspecified atom stereocenters. The minimum absolute atomic E-state index is 0.0528. The van der Waals surface area contributed by atoms with Gasteiger partial charge in [0.1, 0.15) is 5.82 Å². The van der Waals surface area contributed by atoms with Crippen molar-refractivity contribution in [3.05, 3.63) is 88.2 Å². The first-order chi connectivity index (χ1) is 19.2. The third kappa shape index (κ3) is 6.35. The third-order valence-electron chi connectivity index (χ3n) is 6.45. The molecule has 5 rings (SSSR count). The highest BCUT2D eigenvalue weighted by molar-refractivity contribution is 7.92. The van der Waals surface area contributed by atoms with Crippen LogP contribution in [0.1, 0.15) is 10.4 Å². The predicted octanol–water partition coefficient (Wildman–Crippen LogP) is 3.70. The number of thiazole rings is 1. The molecule has 3 aromatic carbocycles. The number of rotatable bonds is 9. The molecule has 208 valence electrons. The average molecular weight is 585 g/mol. The molecule has 0 bridgehead atoms. The first-order valence-corrected chi connectivity index (χ1v) is 14.7. The summed E-state index contributed by atoms with van der Waals surface area (Å²) in [4.78, 5) is 32.1. The molecule has 0 atom stereocenters. The van der Waals surface area contributed by atoms with E-state index in [1.54, 1.807) is 12.1 Å². The molecule has 40 heavy (non-hydrogen) atoms. The van der Waals surface area contributed by atoms with Gasteiger partial charge in [-0.05, 0) is 54.6 Å². The molecule has 1 saturated heterocycles. The minimum Gasteiger partial charge on any atom is -0.351 e. The molecule has 0 aliphatic carbocycles. The van der Waals surface area contributed by atoms with E-state index in [9.17, 15) is 27.7 Å². The Kier molecular flexibility index (Phi) is 7.91. The van der Waals surface area contributed by atoms with Crippen molar-refractivity contribution < 1.29 is 22.5 Å². The van der Waals surface area contributed by atoms with E-state index in [0.29, 0.717) is 18.7 Å². The standard InChI is InChI=1S/C26H25FN6O5S2/c27-19-3-8-22(9-4-19)40(37,38)30-20-5-1-18(2-6-20)25(34)28-11-12-31-13-15-32(16-14-31)26-29-23-10-7-21(33(35)36)17-24(23)39-26/h1-10,17,30H,11-16H2,(H,28,34). The predicted molar refractivity (Wildman–Crippen MR) is 151 cm³/mol. The summed E-state index contributed by atoms with van der Waals surface area (Å²) in [5, 5.41) is 14.8. The number of nitro groups is 1. The van der Waals surface area contributed by atoms with Crippen LogP contribution in [0.5, 0.6) is 0 Å². The van der Waals surface area contributed by atoms with Crippen LogP contribution < -0.4 is 14.9 Å². The van der Waals surface area contributed by atoms with Gasteiger partial charge in [0.2, 0.25) is 0 Å². The smallest absolute Gasteiger partial charge is 0.270 e. The van der Waals surface area contributed by atoms with Crippen LogP contribution in [0.25, 0.3) is 10.2 Å². The molecule has 0 saturated carbocycles. The van der Waals surface area contributed by atoms with Crippen LogP contribution in [0.15, 0.2) is 71.6 Å². The third-order valence-corrected chi connectivity index (χ3v) is 8.93. The number of non-ortho nitro benzene ring substituents is 1. The number of benzene rings is 3. The highest BCUT2D eigenvalue weighted by Crippen LogP contribution is 2.31. The normalized spacial score (nSPS) is 14.3. The Balaban J connectivity index is 1.07. The van der Waals surface area contributed by atoms with Crippen molar-refractivity contribution in [1.82, 2.24) is 15.2 Å². The molecule has 1 aliphatic rings. The van der Waals surface area contributed by atoms with E-state index in [0.717, 1.165) is 53.7 Å². The van der Waals surface area contributed by atoms with Gasteiger partial charge in [0.25, 0.3) is 21.6 Å². The van der Waals surface area contributed by atoms with Gasteiger partial charge in [-0.25, -0.2) is 17.8 Å². The fourth-order valence-electron chi connectivity index (χ4n) is 4.26. The monoisotopic (exact) mass is 584 g/mol. The first kappa shape index (κ1) is 27.4. The molecule has 0 radical (unpaired) electrons. The number of anilines is 2. The number of hydrogen-bond acceptors (Lipinski definition) is 9. The Morgan fingerprint density at radius 1 is 1.02 bits per heavy atom. The second kappa shape index (κ2) is 11.5. The lowest BCUT2D eigenvalue weighted by Crippen LogP contribution is -2.48. The molecule has 1 aliphatic heterocycles. The molecule has 11 nitrogen and oxygen atoms in total. The van der Waals surface area contributed by atoms with E-state index < -0.39 is 20.8 Å². The van der Waals surface area contributed by atoms with Crippen LogP contribution in [0.2, 0.25) is 0 Å². The Bertz CT molecular complexity index is 1640. The number of carbonyl (C=O) groups is 1. The van der Waals surface area contributed by atoms with Gasteiger partial charge in [-0.1, -0.05) is 11.3 Å². The number of carbonyl (C=O) groups excluding carboxylic acids is 1. The lowest BCUT2D eigenvalue weighted by Gasteiger charge is -2.34. The molecular formula is C26H25FN6O5S2. The van der Waals surface area contributed by atoms with Gasteiger partial charge < -0.3 is 10.2 Å². The van der Waals surface area contributed by atoms with Gasteiger partial charge in [-0.3, -0.25) is 24.5 Å². The van der Waals surface area contributed by atoms with Gasteiger partial charge in [0.05, 0.1) is 20.0 Å². The molecule has 2 N–H and O–H groups in total. The number of hydrogen-bond donors (Lipinski definition) is 2. The summed E-state index contributed by atoms with van der Waals surface area (Å²) in [6, 6.07) is 15.2. The Morgan fingerprint density at radius 2 is 1.73 bits per heavy atom. The number of nitrogens with one attached hydrogen (secondary N) is 2. The molecule has 2 heterocycles. The van der Waals surface area contributed by atoms with Gasteiger partial charge in [-0.15, -0.1) is 0 Å². The van der Waals surface area contributed by atoms with Crippen LogP contribution in [0.3, 0.4) is 0 Å². The lowest BCUT2D eigenvalue weighted by molar-refractivity contribution is -0.384. The highest BCUT2D eigenvalue weighted by atomic mass is 32.2. The maximum atomic E-state index is 13.1. The Hall–Kier alpha value is -4.14. The van der Waals surface area contributed by atoms with Crippen LogP contribution >= 0.6 is 11.3 Å². The number of sulfonamides is 1. The van der Waals surface area contributed by atoms with Gasteiger partial charge in [-0.2, -0.15) is 0 Å². The van der Waals surface area contributed by atoms with Crippen molar-refractivity contribution in [3.63, 3.8) is 0 Å². The number of nitrogens with zero attached hydrogens (tertiary/aromatic N) is 4. The topological polar surface area (TPSA) is 138 Å². The largest absolute Gasteiger partial charge is 0.351 e. The first-order valence-electron chi connectivity index (χ1n) is 12.4. The van der Waals surface area contributed by atoms with Crippen molar-refractivity contribution in [2.45, 2.75) is 4.90 Å². The summed E-state index contributed by atoms with van der Waals surface area (Å²) in [6.45, 7) is 4.20. The van der Waals surface area contributed by atoms with Crippen LogP contribution in [-0.4, -0.2) is 68.4 Å². The van der Waals surface area contributed by atoms with Crippen molar-refractivity contribution in [2.75, 3.05) is 48.9 Å². The second-order valence-corrected chi connectivity index (χ2v) is 11.8. The molecule has 0 spiro atoms. The summed E-state index contributed by atoms with van der Waals surface area (Å²) in [5.74, 6) is -0.798. The zero-order valence-electron chi connectivity index (χ0n) is 21.1. The van der Waals surface area contributed by atoms with E-state index in [1.165, 1.54) is 53.8 Å². The highest BCUT2D eigenvalue weighted by Gasteiger charge is 2.21. The number of aromatic nitrogens is 1. The van der Waals surface area contributed by atoms with E-state index >= 15 is 0 Å². The van der Waals surface area contributed by atoms with Gasteiger partial charge in [0, 0.05) is 62.7 Å². The van der Waals surface area contributed by atoms with E-state index in [-0.39, 0.29) is 22.2 Å². The van der Waals surface area contributed by atoms with Crippen LogP contribution in [0, 0.1) is 15.9 Å². The summed E-state index contributed by atoms with van der Waals surface area (Å²) in [6.07, 6.45) is 0. The molecule has 1 fully saturated rings. The minimum atomic E-state index is -3.88. The van der Waals surface area contributed by atoms with Crippen LogP contribution in [0.4, 0.5) is 20.9 Å². The molecule has 1 aromatic heterocycles. The fraction of sp³-hybridized carbons (Fsp3) is 0.231. The van der Waals surface area contributed by atoms with Crippen molar-refractivity contribution in [1.29, 1.82) is 0 Å². The van der Waals surface area contributed by atoms with E-state index in [1.807, 2.05) is 0 Å². The summed E-state index contributed by atoms with van der Waals surface area (Å²) in [7, 11) is -3.88. The Morgan fingerprint density at radius 3 is 2.40 bits per heavy atom. The number of fused-ring (bicyclic) bond motifs is 1. The molecule has 4 aromatic rings. The molecular weight excluding hydrogens is 559 g/mol. The summed E-state index contributed by atoms with van der Waals surface area (Å²) >= 11 is 1.44. The number of amides is 1. The van der Waals surface area contributed by atoms with Crippen molar-refractivity contribution >= 4 is 54.0 Å². The van der Waals surface area contributed by atoms with E-state index in [2.05, 4.69) is 24.8 Å². The number of nitro benzene ring substituents is 1. The Labute approximate surface area is 233 Å². The zero-order valence-corrected chi connectivity index (χ0v) is 22.8. The quantitative estimate of drug-likeness (QED) is 0.224. The van der Waals surface area contributed by atoms with E-state index in [4.69, 9.17) is 0 Å². The second-order valence-electron chi connectivity index (χ2n) is 9.13. The van der Waals surface area contributed by atoms with Crippen LogP contribution in [-0.2, 0) is 10.0 Å². The zero-order chi connectivity index (χ0) is 28.3.